The molecule has 0 bridgehead atoms. The number of benzene rings is 1. The first-order valence-electron chi connectivity index (χ1n) is 6.48. The van der Waals surface area contributed by atoms with Crippen molar-refractivity contribution < 1.29 is 9.13 Å². The minimum absolute atomic E-state index is 0.0551. The first-order chi connectivity index (χ1) is 10.2. The highest BCUT2D eigenvalue weighted by atomic mass is 35.5. The van der Waals surface area contributed by atoms with Gasteiger partial charge in [0.1, 0.15) is 17.2 Å². The third-order valence-corrected chi connectivity index (χ3v) is 3.39. The molecule has 3 rings (SSSR count). The molecule has 1 aromatic carbocycles. The molecule has 108 valence electrons. The Balaban J connectivity index is 2.02. The average molecular weight is 306 g/mol. The SMILES string of the molecule is NCCc1c(Oc2ccc(Cl)c(F)c2)nc2ccccn12. The van der Waals surface area contributed by atoms with E-state index in [-0.39, 0.29) is 5.02 Å². The highest BCUT2D eigenvalue weighted by molar-refractivity contribution is 6.30. The molecular formula is C15H13ClFN3O. The fourth-order valence-electron chi connectivity index (χ4n) is 2.12. The lowest BCUT2D eigenvalue weighted by Crippen LogP contribution is -2.06. The maximum Gasteiger partial charge on any atom is 0.241 e. The summed E-state index contributed by atoms with van der Waals surface area (Å²) in [5.41, 5.74) is 7.25. The Kier molecular flexibility index (Phi) is 3.77. The van der Waals surface area contributed by atoms with Crippen molar-refractivity contribution in [2.75, 3.05) is 6.54 Å². The highest BCUT2D eigenvalue weighted by Crippen LogP contribution is 2.28. The third kappa shape index (κ3) is 2.70. The van der Waals surface area contributed by atoms with Crippen LogP contribution in [0.25, 0.3) is 5.65 Å². The second-order valence-corrected chi connectivity index (χ2v) is 4.92. The van der Waals surface area contributed by atoms with E-state index in [4.69, 9.17) is 22.1 Å². The van der Waals surface area contributed by atoms with E-state index in [2.05, 4.69) is 4.98 Å². The molecule has 0 radical (unpaired) electrons. The van der Waals surface area contributed by atoms with Crippen molar-refractivity contribution in [3.63, 3.8) is 0 Å². The van der Waals surface area contributed by atoms with E-state index < -0.39 is 5.82 Å². The van der Waals surface area contributed by atoms with Gasteiger partial charge in [0.15, 0.2) is 0 Å². The van der Waals surface area contributed by atoms with Gasteiger partial charge in [0.05, 0.1) is 10.7 Å². The van der Waals surface area contributed by atoms with Gasteiger partial charge in [-0.2, -0.15) is 4.98 Å². The number of pyridine rings is 1. The molecule has 2 heterocycles. The maximum atomic E-state index is 13.5. The number of halogens is 2. The van der Waals surface area contributed by atoms with Crippen molar-refractivity contribution >= 4 is 17.2 Å². The summed E-state index contributed by atoms with van der Waals surface area (Å²) in [7, 11) is 0. The average Bonchev–Trinajstić information content (AvgIpc) is 2.81. The molecule has 4 nitrogen and oxygen atoms in total. The predicted molar refractivity (Wildman–Crippen MR) is 79.4 cm³/mol. The molecule has 0 fully saturated rings. The number of rotatable bonds is 4. The number of aromatic nitrogens is 2. The van der Waals surface area contributed by atoms with Gasteiger partial charge in [0, 0.05) is 18.7 Å². The minimum atomic E-state index is -0.529. The summed E-state index contributed by atoms with van der Waals surface area (Å²) >= 11 is 5.66. The zero-order chi connectivity index (χ0) is 14.8. The van der Waals surface area contributed by atoms with Gasteiger partial charge in [-0.25, -0.2) is 4.39 Å². The van der Waals surface area contributed by atoms with Gasteiger partial charge in [-0.3, -0.25) is 0 Å². The topological polar surface area (TPSA) is 52.5 Å². The van der Waals surface area contributed by atoms with Crippen LogP contribution in [0.2, 0.25) is 5.02 Å². The lowest BCUT2D eigenvalue weighted by molar-refractivity contribution is 0.454. The number of imidazole rings is 1. The van der Waals surface area contributed by atoms with E-state index in [1.54, 1.807) is 6.07 Å². The molecular weight excluding hydrogens is 293 g/mol. The second kappa shape index (κ2) is 5.71. The molecule has 0 saturated heterocycles. The Hall–Kier alpha value is -2.11. The summed E-state index contributed by atoms with van der Waals surface area (Å²) in [6.07, 6.45) is 2.50. The molecule has 0 atom stereocenters. The van der Waals surface area contributed by atoms with Gasteiger partial charge in [0.2, 0.25) is 5.88 Å². The smallest absolute Gasteiger partial charge is 0.241 e. The normalized spacial score (nSPS) is 11.0. The Labute approximate surface area is 125 Å². The molecule has 6 heteroatoms. The van der Waals surface area contributed by atoms with Crippen LogP contribution in [0.1, 0.15) is 5.69 Å². The zero-order valence-electron chi connectivity index (χ0n) is 11.1. The van der Waals surface area contributed by atoms with Gasteiger partial charge in [-0.05, 0) is 30.8 Å². The lowest BCUT2D eigenvalue weighted by atomic mass is 10.3. The predicted octanol–water partition coefficient (Wildman–Crippen LogP) is 3.42. The van der Waals surface area contributed by atoms with Crippen molar-refractivity contribution in [3.8, 4) is 11.6 Å². The second-order valence-electron chi connectivity index (χ2n) is 4.51. The number of ether oxygens (including phenoxy) is 1. The Bertz CT molecular complexity index is 788. The summed E-state index contributed by atoms with van der Waals surface area (Å²) in [6, 6.07) is 9.95. The van der Waals surface area contributed by atoms with E-state index in [0.29, 0.717) is 24.6 Å². The van der Waals surface area contributed by atoms with Crippen LogP contribution in [0.15, 0.2) is 42.6 Å². The van der Waals surface area contributed by atoms with Crippen molar-refractivity contribution in [1.29, 1.82) is 0 Å². The highest BCUT2D eigenvalue weighted by Gasteiger charge is 2.14. The molecule has 0 aliphatic heterocycles. The Morgan fingerprint density at radius 3 is 2.90 bits per heavy atom. The van der Waals surface area contributed by atoms with Crippen LogP contribution >= 0.6 is 11.6 Å². The molecule has 3 aromatic rings. The molecule has 2 aromatic heterocycles. The first-order valence-corrected chi connectivity index (χ1v) is 6.86. The fraction of sp³-hybridized carbons (Fsp3) is 0.133. The lowest BCUT2D eigenvalue weighted by Gasteiger charge is -2.06. The zero-order valence-corrected chi connectivity index (χ0v) is 11.8. The molecule has 0 unspecified atom stereocenters. The van der Waals surface area contributed by atoms with Crippen LogP contribution < -0.4 is 10.5 Å². The number of nitrogens with zero attached hydrogens (tertiary/aromatic N) is 2. The van der Waals surface area contributed by atoms with Gasteiger partial charge in [0.25, 0.3) is 0 Å². The molecule has 0 aliphatic rings. The number of hydrogen-bond donors (Lipinski definition) is 1. The summed E-state index contributed by atoms with van der Waals surface area (Å²) in [5, 5.41) is 0.0551. The summed E-state index contributed by atoms with van der Waals surface area (Å²) in [6.45, 7) is 0.466. The summed E-state index contributed by atoms with van der Waals surface area (Å²) in [4.78, 5) is 4.41. The van der Waals surface area contributed by atoms with Crippen LogP contribution in [0.3, 0.4) is 0 Å². The van der Waals surface area contributed by atoms with Crippen LogP contribution in [0.4, 0.5) is 4.39 Å². The minimum Gasteiger partial charge on any atom is -0.437 e. The molecule has 21 heavy (non-hydrogen) atoms. The van der Waals surface area contributed by atoms with Crippen LogP contribution in [-0.2, 0) is 6.42 Å². The number of nitrogens with two attached hydrogens (primary N) is 1. The molecule has 0 spiro atoms. The van der Waals surface area contributed by atoms with E-state index in [0.717, 1.165) is 11.3 Å². The summed E-state index contributed by atoms with van der Waals surface area (Å²) < 4.78 is 21.1. The molecule has 0 amide bonds. The van der Waals surface area contributed by atoms with E-state index in [9.17, 15) is 4.39 Å². The van der Waals surface area contributed by atoms with E-state index in [1.165, 1.54) is 12.1 Å². The monoisotopic (exact) mass is 305 g/mol. The van der Waals surface area contributed by atoms with Crippen molar-refractivity contribution in [2.24, 2.45) is 5.73 Å². The summed E-state index contributed by atoms with van der Waals surface area (Å²) in [5.74, 6) is 0.241. The standard InChI is InChI=1S/C15H13ClFN3O/c16-11-5-4-10(9-12(11)17)21-15-13(6-7-18)20-8-2-1-3-14(20)19-15/h1-5,8-9H,6-7,18H2. The quantitative estimate of drug-likeness (QED) is 0.803. The Morgan fingerprint density at radius 1 is 1.29 bits per heavy atom. The van der Waals surface area contributed by atoms with Crippen LogP contribution in [0, 0.1) is 5.82 Å². The third-order valence-electron chi connectivity index (χ3n) is 3.08. The van der Waals surface area contributed by atoms with Gasteiger partial charge >= 0.3 is 0 Å². The first kappa shape index (κ1) is 13.9. The van der Waals surface area contributed by atoms with Crippen LogP contribution in [0.5, 0.6) is 11.6 Å². The number of fused-ring (bicyclic) bond motifs is 1. The van der Waals surface area contributed by atoms with Crippen molar-refractivity contribution in [2.45, 2.75) is 6.42 Å². The van der Waals surface area contributed by atoms with Crippen LogP contribution in [-0.4, -0.2) is 15.9 Å². The van der Waals surface area contributed by atoms with E-state index in [1.807, 2.05) is 28.8 Å². The van der Waals surface area contributed by atoms with E-state index >= 15 is 0 Å². The Morgan fingerprint density at radius 2 is 2.14 bits per heavy atom. The molecule has 0 aliphatic carbocycles. The maximum absolute atomic E-state index is 13.5. The number of hydrogen-bond acceptors (Lipinski definition) is 3. The fourth-order valence-corrected chi connectivity index (χ4v) is 2.24. The molecule has 0 saturated carbocycles. The van der Waals surface area contributed by atoms with Crippen molar-refractivity contribution in [1.82, 2.24) is 9.38 Å². The van der Waals surface area contributed by atoms with Gasteiger partial charge < -0.3 is 14.9 Å². The molecule has 2 N–H and O–H groups in total. The van der Waals surface area contributed by atoms with Gasteiger partial charge in [-0.15, -0.1) is 0 Å². The van der Waals surface area contributed by atoms with Gasteiger partial charge in [-0.1, -0.05) is 17.7 Å². The van der Waals surface area contributed by atoms with Crippen molar-refractivity contribution in [3.05, 3.63) is 59.1 Å². The largest absolute Gasteiger partial charge is 0.437 e.